The van der Waals surface area contributed by atoms with Crippen molar-refractivity contribution in [2.45, 2.75) is 0 Å². The molecule has 0 radical (unpaired) electrons. The smallest absolute Gasteiger partial charge is 0.204 e. The average molecular weight is 296 g/mol. The Labute approximate surface area is 121 Å². The van der Waals surface area contributed by atoms with E-state index in [1.54, 1.807) is 19.4 Å². The van der Waals surface area contributed by atoms with E-state index >= 15 is 0 Å². The Morgan fingerprint density at radius 3 is 2.85 bits per heavy atom. The van der Waals surface area contributed by atoms with Gasteiger partial charge in [0.15, 0.2) is 11.5 Å². The van der Waals surface area contributed by atoms with Gasteiger partial charge < -0.3 is 18.9 Å². The third-order valence-corrected chi connectivity index (χ3v) is 3.29. The first-order chi connectivity index (χ1) is 9.81. The first-order valence-corrected chi connectivity index (χ1v) is 6.67. The highest BCUT2D eigenvalue weighted by molar-refractivity contribution is 6.36. The van der Waals surface area contributed by atoms with E-state index in [2.05, 4.69) is 4.98 Å². The van der Waals surface area contributed by atoms with Gasteiger partial charge in [-0.25, -0.2) is 0 Å². The number of hydrogen-bond donors (Lipinski definition) is 0. The number of fused-ring (bicyclic) bond motifs is 3. The number of rotatable bonds is 4. The Morgan fingerprint density at radius 2 is 2.05 bits per heavy atom. The van der Waals surface area contributed by atoms with Gasteiger partial charge in [-0.3, -0.25) is 4.98 Å². The van der Waals surface area contributed by atoms with Gasteiger partial charge in [-0.2, -0.15) is 0 Å². The standard InChI is InChI=1S/C14H14ClNO4/c1-17-4-5-18-11-8-10-12(9(15)2-3-16-10)14-13(11)19-6-7-20-14/h2-3,8H,4-7H2,1H3. The summed E-state index contributed by atoms with van der Waals surface area (Å²) in [6, 6.07) is 3.54. The molecule has 0 spiro atoms. The molecule has 0 N–H and O–H groups in total. The predicted octanol–water partition coefficient (Wildman–Crippen LogP) is 2.68. The molecule has 106 valence electrons. The second-order valence-electron chi connectivity index (χ2n) is 4.26. The first-order valence-electron chi connectivity index (χ1n) is 6.30. The van der Waals surface area contributed by atoms with E-state index in [0.29, 0.717) is 54.2 Å². The summed E-state index contributed by atoms with van der Waals surface area (Å²) >= 11 is 6.24. The molecule has 2 aromatic rings. The maximum absolute atomic E-state index is 6.24. The summed E-state index contributed by atoms with van der Waals surface area (Å²) in [6.07, 6.45) is 1.65. The van der Waals surface area contributed by atoms with Crippen LogP contribution in [0.1, 0.15) is 0 Å². The molecule has 0 saturated heterocycles. The monoisotopic (exact) mass is 295 g/mol. The lowest BCUT2D eigenvalue weighted by Crippen LogP contribution is -2.17. The van der Waals surface area contributed by atoms with Crippen LogP contribution in [0, 0.1) is 0 Å². The Morgan fingerprint density at radius 1 is 1.25 bits per heavy atom. The maximum Gasteiger partial charge on any atom is 0.204 e. The minimum Gasteiger partial charge on any atom is -0.487 e. The molecule has 6 heteroatoms. The number of ether oxygens (including phenoxy) is 4. The number of hydrogen-bond acceptors (Lipinski definition) is 5. The number of halogens is 1. The number of aromatic nitrogens is 1. The van der Waals surface area contributed by atoms with Crippen molar-refractivity contribution < 1.29 is 18.9 Å². The van der Waals surface area contributed by atoms with Crippen molar-refractivity contribution in [1.29, 1.82) is 0 Å². The van der Waals surface area contributed by atoms with Crippen molar-refractivity contribution in [3.05, 3.63) is 23.4 Å². The van der Waals surface area contributed by atoms with E-state index in [1.807, 2.05) is 6.07 Å². The molecule has 20 heavy (non-hydrogen) atoms. The maximum atomic E-state index is 6.24. The van der Waals surface area contributed by atoms with Crippen molar-refractivity contribution in [2.24, 2.45) is 0 Å². The normalized spacial score (nSPS) is 13.5. The van der Waals surface area contributed by atoms with Crippen molar-refractivity contribution in [3.8, 4) is 17.2 Å². The Kier molecular flexibility index (Phi) is 3.80. The fourth-order valence-corrected chi connectivity index (χ4v) is 2.35. The van der Waals surface area contributed by atoms with Crippen LogP contribution in [0.2, 0.25) is 5.02 Å². The summed E-state index contributed by atoms with van der Waals surface area (Å²) in [6.45, 7) is 1.89. The molecule has 0 aliphatic carbocycles. The largest absolute Gasteiger partial charge is 0.487 e. The summed E-state index contributed by atoms with van der Waals surface area (Å²) in [5, 5.41) is 1.34. The van der Waals surface area contributed by atoms with E-state index in [1.165, 1.54) is 0 Å². The van der Waals surface area contributed by atoms with Crippen LogP contribution in [0.3, 0.4) is 0 Å². The highest BCUT2D eigenvalue weighted by Gasteiger charge is 2.23. The van der Waals surface area contributed by atoms with Gasteiger partial charge in [0.1, 0.15) is 19.8 Å². The molecule has 3 rings (SSSR count). The van der Waals surface area contributed by atoms with Crippen LogP contribution in [0.5, 0.6) is 17.2 Å². The molecule has 0 atom stereocenters. The fraction of sp³-hybridized carbons (Fsp3) is 0.357. The zero-order valence-corrected chi connectivity index (χ0v) is 11.8. The van der Waals surface area contributed by atoms with Gasteiger partial charge in [0.2, 0.25) is 5.75 Å². The fourth-order valence-electron chi connectivity index (χ4n) is 2.11. The minimum atomic E-state index is 0.429. The van der Waals surface area contributed by atoms with Crippen molar-refractivity contribution in [1.82, 2.24) is 4.98 Å². The molecule has 1 aromatic heterocycles. The van der Waals surface area contributed by atoms with Gasteiger partial charge in [0, 0.05) is 19.4 Å². The summed E-state index contributed by atoms with van der Waals surface area (Å²) in [4.78, 5) is 4.31. The van der Waals surface area contributed by atoms with Gasteiger partial charge in [-0.15, -0.1) is 0 Å². The summed E-state index contributed by atoms with van der Waals surface area (Å²) in [5.41, 5.74) is 0.717. The van der Waals surface area contributed by atoms with Crippen LogP contribution in [-0.2, 0) is 4.74 Å². The van der Waals surface area contributed by atoms with Crippen molar-refractivity contribution in [2.75, 3.05) is 33.5 Å². The zero-order valence-electron chi connectivity index (χ0n) is 11.0. The number of benzene rings is 1. The highest BCUT2D eigenvalue weighted by Crippen LogP contribution is 2.46. The topological polar surface area (TPSA) is 49.8 Å². The second-order valence-corrected chi connectivity index (χ2v) is 4.67. The molecule has 0 fully saturated rings. The third kappa shape index (κ3) is 2.34. The van der Waals surface area contributed by atoms with E-state index in [0.717, 1.165) is 5.39 Å². The lowest BCUT2D eigenvalue weighted by molar-refractivity contribution is 0.134. The van der Waals surface area contributed by atoms with Gasteiger partial charge >= 0.3 is 0 Å². The van der Waals surface area contributed by atoms with Crippen LogP contribution >= 0.6 is 11.6 Å². The molecule has 0 saturated carbocycles. The van der Waals surface area contributed by atoms with Crippen LogP contribution < -0.4 is 14.2 Å². The SMILES string of the molecule is COCCOc1cc2nccc(Cl)c2c2c1OCCO2. The Bertz CT molecular complexity index is 632. The Hall–Kier alpha value is -1.72. The predicted molar refractivity (Wildman–Crippen MR) is 75.1 cm³/mol. The first kappa shape index (κ1) is 13.3. The molecule has 0 bridgehead atoms. The average Bonchev–Trinajstić information content (AvgIpc) is 2.47. The highest BCUT2D eigenvalue weighted by atomic mass is 35.5. The Balaban J connectivity index is 2.11. The zero-order chi connectivity index (χ0) is 13.9. The van der Waals surface area contributed by atoms with Gasteiger partial charge in [0.25, 0.3) is 0 Å². The molecule has 0 amide bonds. The molecule has 1 aromatic carbocycles. The minimum absolute atomic E-state index is 0.429. The lowest BCUT2D eigenvalue weighted by Gasteiger charge is -2.23. The van der Waals surface area contributed by atoms with Crippen LogP contribution in [0.4, 0.5) is 0 Å². The molecule has 2 heterocycles. The summed E-state index contributed by atoms with van der Waals surface area (Å²) < 4.78 is 22.0. The second kappa shape index (κ2) is 5.73. The summed E-state index contributed by atoms with van der Waals surface area (Å²) in [5.74, 6) is 1.77. The van der Waals surface area contributed by atoms with Gasteiger partial charge in [-0.05, 0) is 6.07 Å². The van der Waals surface area contributed by atoms with E-state index in [9.17, 15) is 0 Å². The van der Waals surface area contributed by atoms with E-state index in [4.69, 9.17) is 30.5 Å². The van der Waals surface area contributed by atoms with Crippen molar-refractivity contribution >= 4 is 22.5 Å². The van der Waals surface area contributed by atoms with Crippen LogP contribution in [0.15, 0.2) is 18.3 Å². The third-order valence-electron chi connectivity index (χ3n) is 2.98. The van der Waals surface area contributed by atoms with Gasteiger partial charge in [0.05, 0.1) is 22.5 Å². The molecule has 5 nitrogen and oxygen atoms in total. The molecular weight excluding hydrogens is 282 g/mol. The van der Waals surface area contributed by atoms with Crippen LogP contribution in [-0.4, -0.2) is 38.5 Å². The molecular formula is C14H14ClNO4. The van der Waals surface area contributed by atoms with E-state index < -0.39 is 0 Å². The lowest BCUT2D eigenvalue weighted by atomic mass is 10.1. The number of nitrogens with zero attached hydrogens (tertiary/aromatic N) is 1. The number of methoxy groups -OCH3 is 1. The van der Waals surface area contributed by atoms with Crippen molar-refractivity contribution in [3.63, 3.8) is 0 Å². The molecule has 1 aliphatic heterocycles. The van der Waals surface area contributed by atoms with Gasteiger partial charge in [-0.1, -0.05) is 11.6 Å². The number of pyridine rings is 1. The molecule has 0 unspecified atom stereocenters. The quantitative estimate of drug-likeness (QED) is 0.812. The summed E-state index contributed by atoms with van der Waals surface area (Å²) in [7, 11) is 1.63. The molecule has 1 aliphatic rings. The van der Waals surface area contributed by atoms with E-state index in [-0.39, 0.29) is 0 Å². The van der Waals surface area contributed by atoms with Crippen LogP contribution in [0.25, 0.3) is 10.9 Å².